The Morgan fingerprint density at radius 1 is 0.950 bits per heavy atom. The van der Waals surface area contributed by atoms with Gasteiger partial charge < -0.3 is 0 Å². The van der Waals surface area contributed by atoms with Crippen LogP contribution < -0.4 is 4.72 Å². The molecule has 0 atom stereocenters. The molecule has 1 N–H and O–H groups in total. The summed E-state index contributed by atoms with van der Waals surface area (Å²) in [5.74, 6) is 0. The van der Waals surface area contributed by atoms with Crippen LogP contribution in [-0.4, -0.2) is 8.42 Å². The molecule has 2 aromatic carbocycles. The number of halogens is 1. The molecular formula is C15H16ClNO2S. The van der Waals surface area contributed by atoms with Crippen molar-refractivity contribution in [1.29, 1.82) is 0 Å². The van der Waals surface area contributed by atoms with E-state index in [2.05, 4.69) is 4.72 Å². The molecular weight excluding hydrogens is 294 g/mol. The maximum atomic E-state index is 12.4. The lowest BCUT2D eigenvalue weighted by molar-refractivity contribution is 0.600. The number of rotatable bonds is 3. The summed E-state index contributed by atoms with van der Waals surface area (Å²) in [5, 5.41) is 0.566. The second-order valence-corrected chi connectivity index (χ2v) is 6.90. The first-order valence-corrected chi connectivity index (χ1v) is 8.02. The first-order valence-electron chi connectivity index (χ1n) is 6.16. The number of sulfonamides is 1. The average Bonchev–Trinajstić information content (AvgIpc) is 2.36. The summed E-state index contributed by atoms with van der Waals surface area (Å²) < 4.78 is 27.4. The van der Waals surface area contributed by atoms with E-state index in [4.69, 9.17) is 11.6 Å². The lowest BCUT2D eigenvalue weighted by Crippen LogP contribution is -2.14. The van der Waals surface area contributed by atoms with Crippen LogP contribution in [0.25, 0.3) is 0 Å². The minimum absolute atomic E-state index is 0.250. The molecule has 2 rings (SSSR count). The predicted molar refractivity (Wildman–Crippen MR) is 82.9 cm³/mol. The Bertz CT molecular complexity index is 737. The van der Waals surface area contributed by atoms with Crippen LogP contribution in [0.15, 0.2) is 41.3 Å². The zero-order chi connectivity index (χ0) is 14.9. The molecule has 0 bridgehead atoms. The Kier molecular flexibility index (Phi) is 4.06. The van der Waals surface area contributed by atoms with E-state index in [-0.39, 0.29) is 4.90 Å². The van der Waals surface area contributed by atoms with Crippen molar-refractivity contribution in [1.82, 2.24) is 0 Å². The third-order valence-corrected chi connectivity index (χ3v) is 4.98. The molecule has 0 radical (unpaired) electrons. The van der Waals surface area contributed by atoms with Gasteiger partial charge in [-0.25, -0.2) is 8.42 Å². The van der Waals surface area contributed by atoms with Crippen molar-refractivity contribution >= 4 is 27.3 Å². The van der Waals surface area contributed by atoms with Crippen LogP contribution in [0.3, 0.4) is 0 Å². The van der Waals surface area contributed by atoms with E-state index in [1.54, 1.807) is 38.1 Å². The summed E-state index contributed by atoms with van der Waals surface area (Å²) in [4.78, 5) is 0.250. The Balaban J connectivity index is 2.40. The molecule has 0 aromatic heterocycles. The molecule has 0 unspecified atom stereocenters. The highest BCUT2D eigenvalue weighted by Crippen LogP contribution is 2.25. The van der Waals surface area contributed by atoms with Crippen molar-refractivity contribution in [3.63, 3.8) is 0 Å². The van der Waals surface area contributed by atoms with Crippen LogP contribution in [0.4, 0.5) is 5.69 Å². The molecule has 3 nitrogen and oxygen atoms in total. The van der Waals surface area contributed by atoms with Crippen LogP contribution in [-0.2, 0) is 10.0 Å². The van der Waals surface area contributed by atoms with Crippen molar-refractivity contribution < 1.29 is 8.42 Å². The van der Waals surface area contributed by atoms with Crippen LogP contribution in [0.2, 0.25) is 5.02 Å². The Labute approximate surface area is 124 Å². The van der Waals surface area contributed by atoms with Crippen LogP contribution in [0.1, 0.15) is 16.7 Å². The van der Waals surface area contributed by atoms with Gasteiger partial charge in [-0.3, -0.25) is 4.72 Å². The summed E-state index contributed by atoms with van der Waals surface area (Å²) in [5.41, 5.74) is 2.98. The van der Waals surface area contributed by atoms with Crippen molar-refractivity contribution in [3.05, 3.63) is 58.1 Å². The molecule has 5 heteroatoms. The minimum Gasteiger partial charge on any atom is -0.280 e. The molecule has 0 amide bonds. The van der Waals surface area contributed by atoms with Crippen LogP contribution >= 0.6 is 11.6 Å². The minimum atomic E-state index is -3.60. The lowest BCUT2D eigenvalue weighted by atomic mass is 10.2. The van der Waals surface area contributed by atoms with E-state index in [0.29, 0.717) is 16.3 Å². The van der Waals surface area contributed by atoms with E-state index in [1.165, 1.54) is 0 Å². The molecule has 0 aliphatic carbocycles. The predicted octanol–water partition coefficient (Wildman–Crippen LogP) is 4.07. The van der Waals surface area contributed by atoms with E-state index in [0.717, 1.165) is 11.1 Å². The number of anilines is 1. The normalized spacial score (nSPS) is 11.4. The Hall–Kier alpha value is -1.52. The average molecular weight is 310 g/mol. The van der Waals surface area contributed by atoms with Gasteiger partial charge in [0.25, 0.3) is 10.0 Å². The molecule has 0 aliphatic heterocycles. The second kappa shape index (κ2) is 5.46. The fourth-order valence-electron chi connectivity index (χ4n) is 1.88. The first kappa shape index (κ1) is 14.9. The van der Waals surface area contributed by atoms with Gasteiger partial charge >= 0.3 is 0 Å². The molecule has 2 aromatic rings. The SMILES string of the molecule is Cc1ccc(NS(=O)(=O)c2cc(C)c(Cl)cc2C)cc1. The molecule has 0 aliphatic rings. The molecule has 20 heavy (non-hydrogen) atoms. The topological polar surface area (TPSA) is 46.2 Å². The highest BCUT2D eigenvalue weighted by Gasteiger charge is 2.18. The van der Waals surface area contributed by atoms with Gasteiger partial charge in [-0.15, -0.1) is 0 Å². The molecule has 0 saturated heterocycles. The number of benzene rings is 2. The van der Waals surface area contributed by atoms with Gasteiger partial charge in [-0.1, -0.05) is 29.3 Å². The molecule has 106 valence electrons. The zero-order valence-electron chi connectivity index (χ0n) is 11.6. The highest BCUT2D eigenvalue weighted by molar-refractivity contribution is 7.92. The van der Waals surface area contributed by atoms with E-state index >= 15 is 0 Å². The Morgan fingerprint density at radius 3 is 2.15 bits per heavy atom. The number of hydrogen-bond acceptors (Lipinski definition) is 2. The monoisotopic (exact) mass is 309 g/mol. The lowest BCUT2D eigenvalue weighted by Gasteiger charge is -2.12. The van der Waals surface area contributed by atoms with Gasteiger partial charge in [0.05, 0.1) is 4.90 Å². The van der Waals surface area contributed by atoms with Crippen molar-refractivity contribution in [3.8, 4) is 0 Å². The van der Waals surface area contributed by atoms with Gasteiger partial charge in [-0.2, -0.15) is 0 Å². The number of nitrogens with one attached hydrogen (secondary N) is 1. The van der Waals surface area contributed by atoms with Crippen LogP contribution in [0, 0.1) is 20.8 Å². The summed E-state index contributed by atoms with van der Waals surface area (Å²) >= 11 is 6.00. The van der Waals surface area contributed by atoms with Gasteiger partial charge in [0, 0.05) is 10.7 Å². The fourth-order valence-corrected chi connectivity index (χ4v) is 3.47. The largest absolute Gasteiger partial charge is 0.280 e. The van der Waals surface area contributed by atoms with Gasteiger partial charge in [0.1, 0.15) is 0 Å². The summed E-state index contributed by atoms with van der Waals surface area (Å²) in [7, 11) is -3.60. The number of hydrogen-bond donors (Lipinski definition) is 1. The fraction of sp³-hybridized carbons (Fsp3) is 0.200. The molecule has 0 saturated carbocycles. The van der Waals surface area contributed by atoms with E-state index in [1.807, 2.05) is 19.1 Å². The summed E-state index contributed by atoms with van der Waals surface area (Å²) in [6, 6.07) is 10.5. The molecule has 0 heterocycles. The van der Waals surface area contributed by atoms with Crippen molar-refractivity contribution in [2.24, 2.45) is 0 Å². The first-order chi connectivity index (χ1) is 9.29. The maximum Gasteiger partial charge on any atom is 0.262 e. The molecule has 0 fully saturated rings. The van der Waals surface area contributed by atoms with Gasteiger partial charge in [0.2, 0.25) is 0 Å². The zero-order valence-corrected chi connectivity index (χ0v) is 13.1. The Morgan fingerprint density at radius 2 is 1.55 bits per heavy atom. The van der Waals surface area contributed by atoms with Gasteiger partial charge in [0.15, 0.2) is 0 Å². The third-order valence-electron chi connectivity index (χ3n) is 3.05. The third kappa shape index (κ3) is 3.14. The van der Waals surface area contributed by atoms with E-state index < -0.39 is 10.0 Å². The van der Waals surface area contributed by atoms with E-state index in [9.17, 15) is 8.42 Å². The quantitative estimate of drug-likeness (QED) is 0.929. The standard InChI is InChI=1S/C15H16ClNO2S/c1-10-4-6-13(7-5-10)17-20(18,19)15-9-11(2)14(16)8-12(15)3/h4-9,17H,1-3H3. The maximum absolute atomic E-state index is 12.4. The summed E-state index contributed by atoms with van der Waals surface area (Å²) in [6.07, 6.45) is 0. The van der Waals surface area contributed by atoms with Gasteiger partial charge in [-0.05, 0) is 56.2 Å². The molecule has 0 spiro atoms. The number of aryl methyl sites for hydroxylation is 3. The van der Waals surface area contributed by atoms with Crippen molar-refractivity contribution in [2.75, 3.05) is 4.72 Å². The van der Waals surface area contributed by atoms with Crippen LogP contribution in [0.5, 0.6) is 0 Å². The smallest absolute Gasteiger partial charge is 0.262 e. The van der Waals surface area contributed by atoms with Crippen molar-refractivity contribution in [2.45, 2.75) is 25.7 Å². The second-order valence-electron chi connectivity index (χ2n) is 4.84. The highest BCUT2D eigenvalue weighted by atomic mass is 35.5. The summed E-state index contributed by atoms with van der Waals surface area (Å²) in [6.45, 7) is 5.46.